The van der Waals surface area contributed by atoms with Gasteiger partial charge in [0.1, 0.15) is 11.9 Å². The van der Waals surface area contributed by atoms with Gasteiger partial charge in [-0.1, -0.05) is 0 Å². The molecular formula is C13H19N3O. The highest BCUT2D eigenvalue weighted by Crippen LogP contribution is 2.22. The summed E-state index contributed by atoms with van der Waals surface area (Å²) in [5.41, 5.74) is 1.75. The second-order valence-electron chi connectivity index (χ2n) is 4.94. The van der Waals surface area contributed by atoms with Crippen molar-refractivity contribution >= 4 is 5.82 Å². The Morgan fingerprint density at radius 1 is 1.47 bits per heavy atom. The highest BCUT2D eigenvalue weighted by molar-refractivity contribution is 5.57. The van der Waals surface area contributed by atoms with E-state index in [1.807, 2.05) is 33.8 Å². The summed E-state index contributed by atoms with van der Waals surface area (Å²) in [6.07, 6.45) is -0.545. The molecule has 2 N–H and O–H groups in total. The minimum absolute atomic E-state index is 0.529. The van der Waals surface area contributed by atoms with Crippen molar-refractivity contribution in [3.63, 3.8) is 0 Å². The van der Waals surface area contributed by atoms with Crippen LogP contribution in [0.25, 0.3) is 0 Å². The SMILES string of the molecule is Cc1cc(C)c(C#N)c(NC(C)(C)C(C)O)n1. The van der Waals surface area contributed by atoms with E-state index in [0.717, 1.165) is 11.3 Å². The number of nitrogens with one attached hydrogen (secondary N) is 1. The standard InChI is InChI=1S/C13H19N3O/c1-8-6-9(2)15-12(11(8)7-14)16-13(4,5)10(3)17/h6,10,17H,1-5H3,(H,15,16). The van der Waals surface area contributed by atoms with E-state index in [0.29, 0.717) is 11.4 Å². The summed E-state index contributed by atoms with van der Waals surface area (Å²) in [6, 6.07) is 4.02. The lowest BCUT2D eigenvalue weighted by Gasteiger charge is -2.30. The molecule has 0 aliphatic heterocycles. The predicted molar refractivity (Wildman–Crippen MR) is 67.8 cm³/mol. The maximum Gasteiger partial charge on any atom is 0.144 e. The van der Waals surface area contributed by atoms with Gasteiger partial charge in [-0.05, 0) is 46.2 Å². The number of nitriles is 1. The monoisotopic (exact) mass is 233 g/mol. The molecule has 1 rings (SSSR count). The molecular weight excluding hydrogens is 214 g/mol. The Kier molecular flexibility index (Phi) is 3.74. The molecule has 4 nitrogen and oxygen atoms in total. The van der Waals surface area contributed by atoms with Crippen LogP contribution in [0.2, 0.25) is 0 Å². The lowest BCUT2D eigenvalue weighted by atomic mass is 9.98. The topological polar surface area (TPSA) is 68.9 Å². The number of pyridine rings is 1. The number of rotatable bonds is 3. The molecule has 0 aliphatic carbocycles. The van der Waals surface area contributed by atoms with Gasteiger partial charge in [-0.15, -0.1) is 0 Å². The molecule has 1 heterocycles. The predicted octanol–water partition coefficient (Wildman–Crippen LogP) is 2.14. The second kappa shape index (κ2) is 4.72. The first kappa shape index (κ1) is 13.5. The van der Waals surface area contributed by atoms with Crippen LogP contribution < -0.4 is 5.32 Å². The third-order valence-corrected chi connectivity index (χ3v) is 2.94. The smallest absolute Gasteiger partial charge is 0.144 e. The summed E-state index contributed by atoms with van der Waals surface area (Å²) in [6.45, 7) is 9.22. The molecule has 0 spiro atoms. The fourth-order valence-electron chi connectivity index (χ4n) is 1.48. The molecule has 1 unspecified atom stereocenters. The quantitative estimate of drug-likeness (QED) is 0.839. The Labute approximate surface area is 102 Å². The number of aliphatic hydroxyl groups is 1. The first-order valence-electron chi connectivity index (χ1n) is 5.62. The fourth-order valence-corrected chi connectivity index (χ4v) is 1.48. The van der Waals surface area contributed by atoms with Gasteiger partial charge in [-0.3, -0.25) is 0 Å². The van der Waals surface area contributed by atoms with Gasteiger partial charge in [-0.2, -0.15) is 5.26 Å². The van der Waals surface area contributed by atoms with E-state index in [4.69, 9.17) is 5.26 Å². The minimum Gasteiger partial charge on any atom is -0.391 e. The van der Waals surface area contributed by atoms with Crippen molar-refractivity contribution < 1.29 is 5.11 Å². The zero-order chi connectivity index (χ0) is 13.2. The number of nitrogens with zero attached hydrogens (tertiary/aromatic N) is 2. The van der Waals surface area contributed by atoms with Crippen LogP contribution in [0.3, 0.4) is 0 Å². The zero-order valence-corrected chi connectivity index (χ0v) is 11.0. The van der Waals surface area contributed by atoms with Gasteiger partial charge in [0.25, 0.3) is 0 Å². The molecule has 0 aliphatic rings. The van der Waals surface area contributed by atoms with E-state index >= 15 is 0 Å². The summed E-state index contributed by atoms with van der Waals surface area (Å²) in [4.78, 5) is 4.33. The van der Waals surface area contributed by atoms with E-state index in [1.54, 1.807) is 6.92 Å². The van der Waals surface area contributed by atoms with Crippen molar-refractivity contribution in [2.45, 2.75) is 46.3 Å². The molecule has 1 aromatic heterocycles. The van der Waals surface area contributed by atoms with Crippen molar-refractivity contribution in [3.05, 3.63) is 22.9 Å². The Balaban J connectivity index is 3.19. The molecule has 17 heavy (non-hydrogen) atoms. The lowest BCUT2D eigenvalue weighted by molar-refractivity contribution is 0.133. The number of aromatic nitrogens is 1. The van der Waals surface area contributed by atoms with E-state index in [-0.39, 0.29) is 0 Å². The van der Waals surface area contributed by atoms with Crippen molar-refractivity contribution in [2.24, 2.45) is 0 Å². The second-order valence-corrected chi connectivity index (χ2v) is 4.94. The van der Waals surface area contributed by atoms with E-state index in [9.17, 15) is 5.11 Å². The number of hydrogen-bond donors (Lipinski definition) is 2. The molecule has 0 amide bonds. The molecule has 1 aromatic rings. The molecule has 1 atom stereocenters. The Morgan fingerprint density at radius 2 is 2.06 bits per heavy atom. The van der Waals surface area contributed by atoms with Gasteiger partial charge in [0.2, 0.25) is 0 Å². The maximum absolute atomic E-state index is 9.67. The third kappa shape index (κ3) is 2.95. The number of hydrogen-bond acceptors (Lipinski definition) is 4. The summed E-state index contributed by atoms with van der Waals surface area (Å²) in [7, 11) is 0. The molecule has 0 saturated heterocycles. The first-order chi connectivity index (χ1) is 7.77. The Bertz CT molecular complexity index is 458. The highest BCUT2D eigenvalue weighted by Gasteiger charge is 2.25. The number of aryl methyl sites for hydroxylation is 2. The summed E-state index contributed by atoms with van der Waals surface area (Å²) < 4.78 is 0. The van der Waals surface area contributed by atoms with Crippen LogP contribution in [0.1, 0.15) is 37.6 Å². The van der Waals surface area contributed by atoms with Gasteiger partial charge >= 0.3 is 0 Å². The van der Waals surface area contributed by atoms with Crippen molar-refractivity contribution in [3.8, 4) is 6.07 Å². The molecule has 0 bridgehead atoms. The summed E-state index contributed by atoms with van der Waals surface area (Å²) >= 11 is 0. The van der Waals surface area contributed by atoms with E-state index in [1.165, 1.54) is 0 Å². The van der Waals surface area contributed by atoms with Crippen LogP contribution in [-0.4, -0.2) is 21.7 Å². The Morgan fingerprint density at radius 3 is 2.53 bits per heavy atom. The van der Waals surface area contributed by atoms with Crippen molar-refractivity contribution in [2.75, 3.05) is 5.32 Å². The molecule has 0 saturated carbocycles. The average molecular weight is 233 g/mol. The van der Waals surface area contributed by atoms with Crippen molar-refractivity contribution in [1.82, 2.24) is 4.98 Å². The number of aliphatic hydroxyl groups excluding tert-OH is 1. The van der Waals surface area contributed by atoms with E-state index in [2.05, 4.69) is 16.4 Å². The molecule has 0 aromatic carbocycles. The average Bonchev–Trinajstić information content (AvgIpc) is 2.15. The molecule has 4 heteroatoms. The molecule has 0 radical (unpaired) electrons. The minimum atomic E-state index is -0.545. The van der Waals surface area contributed by atoms with Crippen molar-refractivity contribution in [1.29, 1.82) is 5.26 Å². The summed E-state index contributed by atoms with van der Waals surface area (Å²) in [5.74, 6) is 0.538. The van der Waals surface area contributed by atoms with Gasteiger partial charge in [-0.25, -0.2) is 4.98 Å². The zero-order valence-electron chi connectivity index (χ0n) is 11.0. The first-order valence-corrected chi connectivity index (χ1v) is 5.62. The van der Waals surface area contributed by atoms with Crippen LogP contribution in [0.4, 0.5) is 5.82 Å². The number of anilines is 1. The van der Waals surface area contributed by atoms with Gasteiger partial charge < -0.3 is 10.4 Å². The molecule has 0 fully saturated rings. The van der Waals surface area contributed by atoms with Gasteiger partial charge in [0.15, 0.2) is 0 Å². The highest BCUT2D eigenvalue weighted by atomic mass is 16.3. The summed E-state index contributed by atoms with van der Waals surface area (Å²) in [5, 5.41) is 21.9. The van der Waals surface area contributed by atoms with Crippen LogP contribution >= 0.6 is 0 Å². The molecule has 92 valence electrons. The fraction of sp³-hybridized carbons (Fsp3) is 0.538. The normalized spacial score (nSPS) is 13.0. The third-order valence-electron chi connectivity index (χ3n) is 2.94. The van der Waals surface area contributed by atoms with Gasteiger partial charge in [0.05, 0.1) is 17.2 Å². The van der Waals surface area contributed by atoms with E-state index < -0.39 is 11.6 Å². The largest absolute Gasteiger partial charge is 0.391 e. The maximum atomic E-state index is 9.67. The van der Waals surface area contributed by atoms with Crippen LogP contribution in [0, 0.1) is 25.2 Å². The van der Waals surface area contributed by atoms with Crippen LogP contribution in [0.5, 0.6) is 0 Å². The van der Waals surface area contributed by atoms with Gasteiger partial charge in [0, 0.05) is 5.69 Å². The van der Waals surface area contributed by atoms with Crippen LogP contribution in [0.15, 0.2) is 6.07 Å². The van der Waals surface area contributed by atoms with Crippen LogP contribution in [-0.2, 0) is 0 Å². The Hall–Kier alpha value is -1.60. The lowest BCUT2D eigenvalue weighted by Crippen LogP contribution is -2.42.